The van der Waals surface area contributed by atoms with E-state index in [4.69, 9.17) is 9.47 Å². The van der Waals surface area contributed by atoms with Crippen molar-refractivity contribution in [2.24, 2.45) is 0 Å². The molecule has 6 heteroatoms. The maximum atomic E-state index is 12.8. The molecule has 1 amide bonds. The molecule has 0 fully saturated rings. The van der Waals surface area contributed by atoms with E-state index in [0.717, 1.165) is 26.7 Å². The minimum absolute atomic E-state index is 0.0210. The zero-order valence-electron chi connectivity index (χ0n) is 17.7. The molecule has 2 atom stereocenters. The number of carbonyl (C=O) groups excluding carboxylic acids is 1. The summed E-state index contributed by atoms with van der Waals surface area (Å²) in [6.07, 6.45) is 0. The fraction of sp³-hybridized carbons (Fsp3) is 0.292. The Morgan fingerprint density at radius 2 is 1.90 bits per heavy atom. The molecule has 0 aliphatic rings. The third-order valence-corrected chi connectivity index (χ3v) is 5.70. The van der Waals surface area contributed by atoms with E-state index in [2.05, 4.69) is 11.4 Å². The molecule has 0 saturated heterocycles. The predicted octanol–water partition coefficient (Wildman–Crippen LogP) is 3.08. The van der Waals surface area contributed by atoms with Crippen molar-refractivity contribution in [1.29, 1.82) is 0 Å². The molecule has 0 aliphatic heterocycles. The van der Waals surface area contributed by atoms with Crippen LogP contribution in [-0.4, -0.2) is 33.2 Å². The molecule has 0 bridgehead atoms. The molecule has 2 aromatic carbocycles. The van der Waals surface area contributed by atoms with Crippen molar-refractivity contribution >= 4 is 17.2 Å². The number of methoxy groups -OCH3 is 1. The molecule has 3 aromatic rings. The van der Waals surface area contributed by atoms with Crippen molar-refractivity contribution < 1.29 is 19.2 Å². The Morgan fingerprint density at radius 3 is 2.57 bits per heavy atom. The molecule has 1 heterocycles. The predicted molar refractivity (Wildman–Crippen MR) is 120 cm³/mol. The number of quaternary nitrogens is 1. The van der Waals surface area contributed by atoms with Gasteiger partial charge in [0.1, 0.15) is 6.54 Å². The van der Waals surface area contributed by atoms with Crippen molar-refractivity contribution in [3.63, 3.8) is 0 Å². The first-order chi connectivity index (χ1) is 14.6. The number of likely N-dealkylation sites (N-methyl/N-ethyl adjacent to an activating group) is 1. The summed E-state index contributed by atoms with van der Waals surface area (Å²) in [7, 11) is 3.66. The number of nitrogens with one attached hydrogen (secondary N) is 2. The van der Waals surface area contributed by atoms with Crippen molar-refractivity contribution in [3.05, 3.63) is 82.0 Å². The molecular weight excluding hydrogens is 396 g/mol. The van der Waals surface area contributed by atoms with Crippen LogP contribution in [0, 0.1) is 0 Å². The molecule has 0 saturated carbocycles. The molecule has 2 N–H and O–H groups in total. The molecule has 158 valence electrons. The van der Waals surface area contributed by atoms with Crippen molar-refractivity contribution in [3.8, 4) is 11.5 Å². The monoisotopic (exact) mass is 425 g/mol. The fourth-order valence-electron chi connectivity index (χ4n) is 3.41. The van der Waals surface area contributed by atoms with E-state index in [1.54, 1.807) is 18.4 Å². The Labute approximate surface area is 182 Å². The van der Waals surface area contributed by atoms with Gasteiger partial charge in [0.25, 0.3) is 5.91 Å². The first-order valence-electron chi connectivity index (χ1n) is 10.1. The van der Waals surface area contributed by atoms with E-state index in [-0.39, 0.29) is 11.9 Å². The van der Waals surface area contributed by atoms with Crippen LogP contribution in [0.4, 0.5) is 0 Å². The molecule has 30 heavy (non-hydrogen) atoms. The van der Waals surface area contributed by atoms with Gasteiger partial charge in [-0.15, -0.1) is 11.3 Å². The van der Waals surface area contributed by atoms with E-state index in [1.807, 2.05) is 73.9 Å². The Balaban J connectivity index is 1.63. The van der Waals surface area contributed by atoms with Crippen LogP contribution in [0.3, 0.4) is 0 Å². The summed E-state index contributed by atoms with van der Waals surface area (Å²) in [4.78, 5) is 15.0. The topological polar surface area (TPSA) is 52.0 Å². The maximum Gasteiger partial charge on any atom is 0.275 e. The zero-order chi connectivity index (χ0) is 21.3. The molecule has 3 rings (SSSR count). The number of thiophene rings is 1. The van der Waals surface area contributed by atoms with E-state index >= 15 is 0 Å². The first kappa shape index (κ1) is 21.9. The minimum atomic E-state index is -0.128. The van der Waals surface area contributed by atoms with Gasteiger partial charge in [0.2, 0.25) is 0 Å². The van der Waals surface area contributed by atoms with Gasteiger partial charge in [0.05, 0.1) is 26.8 Å². The second-order valence-electron chi connectivity index (χ2n) is 7.16. The Hall–Kier alpha value is -2.83. The second-order valence-corrected chi connectivity index (χ2v) is 8.13. The highest BCUT2D eigenvalue weighted by Crippen LogP contribution is 2.28. The largest absolute Gasteiger partial charge is 0.493 e. The van der Waals surface area contributed by atoms with Crippen LogP contribution in [0.2, 0.25) is 0 Å². The van der Waals surface area contributed by atoms with E-state index in [9.17, 15) is 4.79 Å². The smallest absolute Gasteiger partial charge is 0.275 e. The SMILES string of the molecule is CCOc1ccc(C[NH+](C)CC(=O)N[C@@H](c2ccccc2)c2cccs2)cc1OC. The van der Waals surface area contributed by atoms with Gasteiger partial charge in [-0.1, -0.05) is 36.4 Å². The molecule has 0 spiro atoms. The summed E-state index contributed by atoms with van der Waals surface area (Å²) in [6, 6.07) is 19.9. The molecule has 0 aliphatic carbocycles. The van der Waals surface area contributed by atoms with Crippen LogP contribution < -0.4 is 19.7 Å². The summed E-state index contributed by atoms with van der Waals surface area (Å²) in [5.41, 5.74) is 2.18. The minimum Gasteiger partial charge on any atom is -0.493 e. The lowest BCUT2D eigenvalue weighted by Crippen LogP contribution is -3.08. The number of ether oxygens (including phenoxy) is 2. The van der Waals surface area contributed by atoms with Crippen LogP contribution in [0.25, 0.3) is 0 Å². The summed E-state index contributed by atoms with van der Waals surface area (Å²) in [5.74, 6) is 1.47. The van der Waals surface area contributed by atoms with Crippen LogP contribution in [0.1, 0.15) is 29.0 Å². The third kappa shape index (κ3) is 5.84. The van der Waals surface area contributed by atoms with E-state index in [0.29, 0.717) is 25.4 Å². The van der Waals surface area contributed by atoms with Gasteiger partial charge in [-0.2, -0.15) is 0 Å². The molecule has 0 radical (unpaired) electrons. The Kier molecular flexibility index (Phi) is 7.88. The lowest BCUT2D eigenvalue weighted by molar-refractivity contribution is -0.885. The number of hydrogen-bond donors (Lipinski definition) is 2. The quantitative estimate of drug-likeness (QED) is 0.525. The average molecular weight is 426 g/mol. The maximum absolute atomic E-state index is 12.8. The fourth-order valence-corrected chi connectivity index (χ4v) is 4.22. The zero-order valence-corrected chi connectivity index (χ0v) is 18.5. The third-order valence-electron chi connectivity index (χ3n) is 4.76. The van der Waals surface area contributed by atoms with E-state index in [1.165, 1.54) is 0 Å². The molecular formula is C24H29N2O3S+. The standard InChI is InChI=1S/C24H28N2O3S/c1-4-29-20-13-12-18(15-21(20)28-3)16-26(2)17-23(27)25-24(22-11-8-14-30-22)19-9-6-5-7-10-19/h5-15,24H,4,16-17H2,1-3H3,(H,25,27)/p+1/t24-/m0/s1. The number of carbonyl (C=O) groups is 1. The van der Waals surface area contributed by atoms with E-state index < -0.39 is 0 Å². The van der Waals surface area contributed by atoms with Gasteiger partial charge in [0.15, 0.2) is 18.0 Å². The number of benzene rings is 2. The summed E-state index contributed by atoms with van der Waals surface area (Å²) >= 11 is 1.65. The highest BCUT2D eigenvalue weighted by atomic mass is 32.1. The van der Waals surface area contributed by atoms with Crippen LogP contribution in [-0.2, 0) is 11.3 Å². The molecule has 1 unspecified atom stereocenters. The highest BCUT2D eigenvalue weighted by Gasteiger charge is 2.20. The lowest BCUT2D eigenvalue weighted by Gasteiger charge is -2.20. The van der Waals surface area contributed by atoms with Gasteiger partial charge in [-0.3, -0.25) is 4.79 Å². The molecule has 1 aromatic heterocycles. The van der Waals surface area contributed by atoms with Crippen molar-refractivity contribution in [1.82, 2.24) is 5.32 Å². The summed E-state index contributed by atoms with van der Waals surface area (Å²) in [6.45, 7) is 3.63. The van der Waals surface area contributed by atoms with Crippen LogP contribution >= 0.6 is 11.3 Å². The van der Waals surface area contributed by atoms with Crippen LogP contribution in [0.5, 0.6) is 11.5 Å². The Morgan fingerprint density at radius 1 is 1.10 bits per heavy atom. The average Bonchev–Trinajstić information content (AvgIpc) is 3.28. The first-order valence-corrected chi connectivity index (χ1v) is 11.0. The number of hydrogen-bond acceptors (Lipinski definition) is 4. The van der Waals surface area contributed by atoms with Crippen LogP contribution in [0.15, 0.2) is 66.0 Å². The van der Waals surface area contributed by atoms with Crippen molar-refractivity contribution in [2.45, 2.75) is 19.5 Å². The van der Waals surface area contributed by atoms with Gasteiger partial charge < -0.3 is 19.7 Å². The lowest BCUT2D eigenvalue weighted by atomic mass is 10.1. The van der Waals surface area contributed by atoms with Gasteiger partial charge in [-0.25, -0.2) is 0 Å². The second kappa shape index (κ2) is 10.8. The summed E-state index contributed by atoms with van der Waals surface area (Å²) < 4.78 is 11.0. The highest BCUT2D eigenvalue weighted by molar-refractivity contribution is 7.10. The van der Waals surface area contributed by atoms with Gasteiger partial charge in [-0.05, 0) is 42.1 Å². The molecule has 5 nitrogen and oxygen atoms in total. The Bertz CT molecular complexity index is 929. The van der Waals surface area contributed by atoms with Gasteiger partial charge >= 0.3 is 0 Å². The van der Waals surface area contributed by atoms with Crippen molar-refractivity contribution in [2.75, 3.05) is 27.3 Å². The van der Waals surface area contributed by atoms with Gasteiger partial charge in [0, 0.05) is 10.4 Å². The number of rotatable bonds is 10. The number of amides is 1. The summed E-state index contributed by atoms with van der Waals surface area (Å²) in [5, 5.41) is 5.24. The normalized spacial score (nSPS) is 12.8.